The fourth-order valence-corrected chi connectivity index (χ4v) is 2.67. The zero-order valence-electron chi connectivity index (χ0n) is 10.6. The van der Waals surface area contributed by atoms with E-state index in [4.69, 9.17) is 12.2 Å². The van der Waals surface area contributed by atoms with Crippen LogP contribution in [0.25, 0.3) is 11.4 Å². The van der Waals surface area contributed by atoms with E-state index in [-0.39, 0.29) is 0 Å². The molecule has 1 heterocycles. The second kappa shape index (κ2) is 5.73. The minimum Gasteiger partial charge on any atom is -0.296 e. The Morgan fingerprint density at radius 2 is 1.90 bits per heavy atom. The van der Waals surface area contributed by atoms with Crippen LogP contribution in [0.5, 0.6) is 0 Å². The number of hydrogen-bond acceptors (Lipinski definition) is 2. The maximum Gasteiger partial charge on any atom is 0.195 e. The predicted molar refractivity (Wildman–Crippen MR) is 86.1 cm³/mol. The molecular weight excluding hydrogens is 334 g/mol. The van der Waals surface area contributed by atoms with Crippen molar-refractivity contribution in [2.75, 3.05) is 0 Å². The van der Waals surface area contributed by atoms with Gasteiger partial charge >= 0.3 is 0 Å². The lowest BCUT2D eigenvalue weighted by Crippen LogP contribution is -2.02. The van der Waals surface area contributed by atoms with Gasteiger partial charge in [0.15, 0.2) is 10.6 Å². The summed E-state index contributed by atoms with van der Waals surface area (Å²) in [5.74, 6) is 0.847. The van der Waals surface area contributed by atoms with E-state index in [1.807, 2.05) is 47.0 Å². The van der Waals surface area contributed by atoms with E-state index in [0.29, 0.717) is 11.3 Å². The fourth-order valence-electron chi connectivity index (χ4n) is 2.08. The van der Waals surface area contributed by atoms with Gasteiger partial charge in [-0.1, -0.05) is 58.4 Å². The van der Waals surface area contributed by atoms with Gasteiger partial charge in [-0.05, 0) is 29.9 Å². The van der Waals surface area contributed by atoms with Crippen molar-refractivity contribution in [3.63, 3.8) is 0 Å². The summed E-state index contributed by atoms with van der Waals surface area (Å²) < 4.78 is 3.66. The van der Waals surface area contributed by atoms with E-state index in [1.54, 1.807) is 0 Å². The molecule has 0 saturated carbocycles. The number of H-pyrrole nitrogens is 1. The van der Waals surface area contributed by atoms with Crippen LogP contribution < -0.4 is 0 Å². The molecule has 0 bridgehead atoms. The van der Waals surface area contributed by atoms with E-state index in [1.165, 1.54) is 5.56 Å². The SMILES string of the molecule is S=c1[nH]nc(-c2cccc(Br)c2)n1Cc1ccccc1. The number of halogens is 1. The van der Waals surface area contributed by atoms with Crippen molar-refractivity contribution in [1.29, 1.82) is 0 Å². The number of rotatable bonds is 3. The standard InChI is InChI=1S/C15H12BrN3S/c16-13-8-4-7-12(9-13)14-17-18-15(20)19(14)10-11-5-2-1-3-6-11/h1-9H,10H2,(H,18,20). The Labute approximate surface area is 130 Å². The number of nitrogens with one attached hydrogen (secondary N) is 1. The quantitative estimate of drug-likeness (QED) is 0.713. The van der Waals surface area contributed by atoms with E-state index in [2.05, 4.69) is 38.3 Å². The first-order valence-electron chi connectivity index (χ1n) is 6.19. The Kier molecular flexibility index (Phi) is 3.80. The number of aromatic nitrogens is 3. The van der Waals surface area contributed by atoms with Crippen molar-refractivity contribution in [3.8, 4) is 11.4 Å². The maximum absolute atomic E-state index is 5.34. The zero-order valence-corrected chi connectivity index (χ0v) is 13.0. The molecule has 1 N–H and O–H groups in total. The molecule has 0 aliphatic rings. The van der Waals surface area contributed by atoms with Crippen molar-refractivity contribution in [2.45, 2.75) is 6.54 Å². The Morgan fingerprint density at radius 3 is 2.65 bits per heavy atom. The van der Waals surface area contributed by atoms with Gasteiger partial charge in [0.1, 0.15) is 0 Å². The Bertz CT molecular complexity index is 777. The van der Waals surface area contributed by atoms with E-state index in [0.717, 1.165) is 15.9 Å². The third-order valence-electron chi connectivity index (χ3n) is 3.02. The molecule has 0 saturated heterocycles. The highest BCUT2D eigenvalue weighted by atomic mass is 79.9. The first-order chi connectivity index (χ1) is 9.74. The molecule has 0 aliphatic carbocycles. The van der Waals surface area contributed by atoms with Crippen LogP contribution in [-0.2, 0) is 6.54 Å². The van der Waals surface area contributed by atoms with Gasteiger partial charge in [-0.2, -0.15) is 5.10 Å². The summed E-state index contributed by atoms with van der Waals surface area (Å²) in [6.45, 7) is 0.706. The van der Waals surface area contributed by atoms with Crippen LogP contribution in [0.1, 0.15) is 5.56 Å². The second-order valence-electron chi connectivity index (χ2n) is 4.43. The Balaban J connectivity index is 2.04. The second-order valence-corrected chi connectivity index (χ2v) is 5.74. The highest BCUT2D eigenvalue weighted by molar-refractivity contribution is 9.10. The third-order valence-corrected chi connectivity index (χ3v) is 3.83. The highest BCUT2D eigenvalue weighted by Crippen LogP contribution is 2.22. The van der Waals surface area contributed by atoms with Crippen LogP contribution in [0.2, 0.25) is 0 Å². The zero-order chi connectivity index (χ0) is 13.9. The normalized spacial score (nSPS) is 10.7. The fraction of sp³-hybridized carbons (Fsp3) is 0.0667. The molecule has 0 spiro atoms. The van der Waals surface area contributed by atoms with Crippen LogP contribution in [0.3, 0.4) is 0 Å². The van der Waals surface area contributed by atoms with Gasteiger partial charge in [0, 0.05) is 10.0 Å². The molecule has 0 atom stereocenters. The monoisotopic (exact) mass is 345 g/mol. The van der Waals surface area contributed by atoms with Crippen LogP contribution in [0.15, 0.2) is 59.1 Å². The van der Waals surface area contributed by atoms with Crippen LogP contribution >= 0.6 is 28.1 Å². The average molecular weight is 346 g/mol. The number of aromatic amines is 1. The molecular formula is C15H12BrN3S. The molecule has 5 heteroatoms. The molecule has 0 unspecified atom stereocenters. The van der Waals surface area contributed by atoms with Gasteiger partial charge in [0.05, 0.1) is 6.54 Å². The minimum absolute atomic E-state index is 0.629. The highest BCUT2D eigenvalue weighted by Gasteiger charge is 2.09. The summed E-state index contributed by atoms with van der Waals surface area (Å²) >= 11 is 8.82. The molecule has 0 fully saturated rings. The van der Waals surface area contributed by atoms with Crippen LogP contribution in [-0.4, -0.2) is 14.8 Å². The van der Waals surface area contributed by atoms with Crippen molar-refractivity contribution in [2.24, 2.45) is 0 Å². The van der Waals surface area contributed by atoms with Gasteiger partial charge in [-0.25, -0.2) is 0 Å². The number of hydrogen-bond donors (Lipinski definition) is 1. The number of benzene rings is 2. The van der Waals surface area contributed by atoms with Crippen molar-refractivity contribution in [3.05, 3.63) is 69.4 Å². The average Bonchev–Trinajstić information content (AvgIpc) is 2.82. The maximum atomic E-state index is 5.34. The van der Waals surface area contributed by atoms with Gasteiger partial charge in [0.25, 0.3) is 0 Å². The first-order valence-corrected chi connectivity index (χ1v) is 7.39. The van der Waals surface area contributed by atoms with Gasteiger partial charge < -0.3 is 0 Å². The van der Waals surface area contributed by atoms with E-state index in [9.17, 15) is 0 Å². The van der Waals surface area contributed by atoms with Gasteiger partial charge in [-0.3, -0.25) is 9.67 Å². The van der Waals surface area contributed by atoms with Crippen molar-refractivity contribution < 1.29 is 0 Å². The molecule has 2 aromatic carbocycles. The summed E-state index contributed by atoms with van der Waals surface area (Å²) in [4.78, 5) is 0. The lowest BCUT2D eigenvalue weighted by molar-refractivity contribution is 0.790. The molecule has 1 aromatic heterocycles. The van der Waals surface area contributed by atoms with Crippen molar-refractivity contribution >= 4 is 28.1 Å². The molecule has 3 aromatic rings. The predicted octanol–water partition coefficient (Wildman–Crippen LogP) is 4.42. The lowest BCUT2D eigenvalue weighted by Gasteiger charge is -2.07. The molecule has 0 aliphatic heterocycles. The Morgan fingerprint density at radius 1 is 1.10 bits per heavy atom. The molecule has 100 valence electrons. The van der Waals surface area contributed by atoms with Crippen LogP contribution in [0, 0.1) is 4.77 Å². The molecule has 3 nitrogen and oxygen atoms in total. The summed E-state index contributed by atoms with van der Waals surface area (Å²) in [5.41, 5.74) is 2.23. The summed E-state index contributed by atoms with van der Waals surface area (Å²) in [5, 5.41) is 7.22. The third kappa shape index (κ3) is 2.73. The summed E-state index contributed by atoms with van der Waals surface area (Å²) in [7, 11) is 0. The Hall–Kier alpha value is -1.72. The lowest BCUT2D eigenvalue weighted by atomic mass is 10.2. The van der Waals surface area contributed by atoms with E-state index < -0.39 is 0 Å². The smallest absolute Gasteiger partial charge is 0.195 e. The van der Waals surface area contributed by atoms with Gasteiger partial charge in [-0.15, -0.1) is 0 Å². The first kappa shape index (κ1) is 13.3. The van der Waals surface area contributed by atoms with Crippen LogP contribution in [0.4, 0.5) is 0 Å². The van der Waals surface area contributed by atoms with E-state index >= 15 is 0 Å². The molecule has 20 heavy (non-hydrogen) atoms. The summed E-state index contributed by atoms with van der Waals surface area (Å²) in [6.07, 6.45) is 0. The van der Waals surface area contributed by atoms with Crippen molar-refractivity contribution in [1.82, 2.24) is 14.8 Å². The molecule has 3 rings (SSSR count). The molecule has 0 radical (unpaired) electrons. The largest absolute Gasteiger partial charge is 0.296 e. The van der Waals surface area contributed by atoms with Gasteiger partial charge in [0.2, 0.25) is 0 Å². The minimum atomic E-state index is 0.629. The topological polar surface area (TPSA) is 33.6 Å². The summed E-state index contributed by atoms with van der Waals surface area (Å²) in [6, 6.07) is 18.3. The number of nitrogens with zero attached hydrogens (tertiary/aromatic N) is 2. The molecule has 0 amide bonds.